The summed E-state index contributed by atoms with van der Waals surface area (Å²) >= 11 is 0. The summed E-state index contributed by atoms with van der Waals surface area (Å²) in [4.78, 5) is 12.4. The first-order chi connectivity index (χ1) is 9.43. The van der Waals surface area contributed by atoms with Crippen molar-refractivity contribution in [1.29, 1.82) is 0 Å². The van der Waals surface area contributed by atoms with Crippen molar-refractivity contribution in [2.24, 2.45) is 7.05 Å². The smallest absolute Gasteiger partial charge is 0.258 e. The van der Waals surface area contributed by atoms with E-state index in [1.54, 1.807) is 31.6 Å². The number of aryl methyl sites for hydroxylation is 4. The van der Waals surface area contributed by atoms with Gasteiger partial charge in [-0.3, -0.25) is 9.48 Å². The topological polar surface area (TPSA) is 98.7 Å². The molecule has 1 amide bonds. The second-order valence-electron chi connectivity index (χ2n) is 4.63. The highest BCUT2D eigenvalue weighted by molar-refractivity contribution is 6.06. The summed E-state index contributed by atoms with van der Waals surface area (Å²) in [6.45, 7) is 5.52. The van der Waals surface area contributed by atoms with Gasteiger partial charge in [-0.1, -0.05) is 6.92 Å². The zero-order chi connectivity index (χ0) is 14.9. The van der Waals surface area contributed by atoms with Crippen molar-refractivity contribution in [1.82, 2.24) is 20.0 Å². The minimum Gasteiger partial charge on any atom is -0.394 e. The third-order valence-electron chi connectivity index (χ3n) is 3.07. The number of nitrogen functional groups attached to an aromatic ring is 1. The number of carbonyl (C=O) groups is 1. The Morgan fingerprint density at radius 1 is 1.40 bits per heavy atom. The van der Waals surface area contributed by atoms with Crippen molar-refractivity contribution in [3.8, 4) is 0 Å². The molecule has 0 saturated carbocycles. The molecule has 0 fully saturated rings. The van der Waals surface area contributed by atoms with Gasteiger partial charge in [0, 0.05) is 7.05 Å². The van der Waals surface area contributed by atoms with Crippen molar-refractivity contribution < 1.29 is 4.79 Å². The Morgan fingerprint density at radius 3 is 2.65 bits per heavy atom. The Kier molecular flexibility index (Phi) is 3.69. The predicted molar refractivity (Wildman–Crippen MR) is 76.5 cm³/mol. The molecule has 0 saturated heterocycles. The summed E-state index contributed by atoms with van der Waals surface area (Å²) in [6, 6.07) is 1.72. The van der Waals surface area contributed by atoms with E-state index in [2.05, 4.69) is 20.6 Å². The van der Waals surface area contributed by atoms with Gasteiger partial charge < -0.3 is 11.1 Å². The molecule has 0 aliphatic heterocycles. The van der Waals surface area contributed by atoms with E-state index in [4.69, 9.17) is 5.73 Å². The fourth-order valence-corrected chi connectivity index (χ4v) is 1.97. The van der Waals surface area contributed by atoms with Crippen LogP contribution in [0.1, 0.15) is 34.4 Å². The summed E-state index contributed by atoms with van der Waals surface area (Å²) in [5, 5.41) is 15.0. The van der Waals surface area contributed by atoms with Crippen molar-refractivity contribution in [2.45, 2.75) is 27.2 Å². The van der Waals surface area contributed by atoms with E-state index >= 15 is 0 Å². The van der Waals surface area contributed by atoms with Gasteiger partial charge in [0.05, 0.1) is 28.3 Å². The fraction of sp³-hybridized carbons (Fsp3) is 0.385. The minimum absolute atomic E-state index is 0.255. The first kappa shape index (κ1) is 14.0. The molecule has 0 atom stereocenters. The van der Waals surface area contributed by atoms with Gasteiger partial charge in [0.25, 0.3) is 5.91 Å². The van der Waals surface area contributed by atoms with Crippen molar-refractivity contribution in [3.63, 3.8) is 0 Å². The van der Waals surface area contributed by atoms with E-state index in [1.807, 2.05) is 6.92 Å². The first-order valence-electron chi connectivity index (χ1n) is 6.37. The monoisotopic (exact) mass is 274 g/mol. The van der Waals surface area contributed by atoms with Crippen LogP contribution in [0.15, 0.2) is 6.07 Å². The molecular weight excluding hydrogens is 256 g/mol. The number of hydrogen-bond acceptors (Lipinski definition) is 5. The molecule has 0 radical (unpaired) electrons. The van der Waals surface area contributed by atoms with Gasteiger partial charge in [0.2, 0.25) is 0 Å². The number of amides is 1. The predicted octanol–water partition coefficient (Wildman–Crippen LogP) is 1.22. The van der Waals surface area contributed by atoms with Gasteiger partial charge >= 0.3 is 0 Å². The van der Waals surface area contributed by atoms with Crippen LogP contribution in [0.2, 0.25) is 0 Å². The third kappa shape index (κ3) is 2.47. The molecule has 2 heterocycles. The van der Waals surface area contributed by atoms with E-state index in [9.17, 15) is 4.79 Å². The largest absolute Gasteiger partial charge is 0.394 e. The lowest BCUT2D eigenvalue weighted by molar-refractivity contribution is 0.102. The Labute approximate surface area is 117 Å². The third-order valence-corrected chi connectivity index (χ3v) is 3.07. The normalized spacial score (nSPS) is 10.6. The standard InChI is InChI=1S/C13H18N6O/c1-5-10-9(6-7(2)16-17-10)13(20)15-12-11(14)8(3)18-19(12)4/h6H,5,14H2,1-4H3,(H,15,20). The molecule has 2 aromatic rings. The van der Waals surface area contributed by atoms with Gasteiger partial charge in [-0.2, -0.15) is 15.3 Å². The molecule has 0 aliphatic carbocycles. The molecule has 0 bridgehead atoms. The number of aromatic nitrogens is 4. The van der Waals surface area contributed by atoms with Gasteiger partial charge in [-0.25, -0.2) is 0 Å². The molecule has 2 rings (SSSR count). The zero-order valence-corrected chi connectivity index (χ0v) is 12.1. The molecule has 7 heteroatoms. The second kappa shape index (κ2) is 5.28. The molecule has 0 aliphatic rings. The lowest BCUT2D eigenvalue weighted by Gasteiger charge is -2.09. The van der Waals surface area contributed by atoms with Gasteiger partial charge in [0.1, 0.15) is 0 Å². The molecule has 3 N–H and O–H groups in total. The summed E-state index contributed by atoms with van der Waals surface area (Å²) in [6.07, 6.45) is 0.635. The van der Waals surface area contributed by atoms with Crippen LogP contribution in [-0.4, -0.2) is 25.9 Å². The molecule has 0 spiro atoms. The van der Waals surface area contributed by atoms with Crippen LogP contribution in [-0.2, 0) is 13.5 Å². The maximum Gasteiger partial charge on any atom is 0.258 e. The second-order valence-corrected chi connectivity index (χ2v) is 4.63. The average molecular weight is 274 g/mol. The minimum atomic E-state index is -0.255. The molecular formula is C13H18N6O. The summed E-state index contributed by atoms with van der Waals surface area (Å²) in [5.74, 6) is 0.235. The molecule has 7 nitrogen and oxygen atoms in total. The van der Waals surface area contributed by atoms with Crippen LogP contribution in [0.3, 0.4) is 0 Å². The highest BCUT2D eigenvalue weighted by Gasteiger charge is 2.17. The summed E-state index contributed by atoms with van der Waals surface area (Å²) in [7, 11) is 1.73. The van der Waals surface area contributed by atoms with E-state index < -0.39 is 0 Å². The number of nitrogens with one attached hydrogen (secondary N) is 1. The van der Waals surface area contributed by atoms with E-state index in [0.717, 1.165) is 0 Å². The van der Waals surface area contributed by atoms with E-state index in [0.29, 0.717) is 40.6 Å². The number of anilines is 2. The van der Waals surface area contributed by atoms with E-state index in [1.165, 1.54) is 0 Å². The van der Waals surface area contributed by atoms with Crippen LogP contribution in [0.5, 0.6) is 0 Å². The maximum atomic E-state index is 12.4. The number of nitrogens with zero attached hydrogens (tertiary/aromatic N) is 4. The van der Waals surface area contributed by atoms with Gasteiger partial charge in [-0.15, -0.1) is 0 Å². The highest BCUT2D eigenvalue weighted by Crippen LogP contribution is 2.22. The van der Waals surface area contributed by atoms with Gasteiger partial charge in [-0.05, 0) is 26.3 Å². The molecule has 2 aromatic heterocycles. The van der Waals surface area contributed by atoms with E-state index in [-0.39, 0.29) is 5.91 Å². The fourth-order valence-electron chi connectivity index (χ4n) is 1.97. The zero-order valence-electron chi connectivity index (χ0n) is 12.1. The lowest BCUT2D eigenvalue weighted by atomic mass is 10.1. The molecule has 0 aromatic carbocycles. The number of hydrogen-bond donors (Lipinski definition) is 2. The van der Waals surface area contributed by atoms with Crippen LogP contribution in [0.4, 0.5) is 11.5 Å². The molecule has 20 heavy (non-hydrogen) atoms. The Hall–Kier alpha value is -2.44. The van der Waals surface area contributed by atoms with Crippen LogP contribution >= 0.6 is 0 Å². The first-order valence-corrected chi connectivity index (χ1v) is 6.37. The highest BCUT2D eigenvalue weighted by atomic mass is 16.1. The lowest BCUT2D eigenvalue weighted by Crippen LogP contribution is -2.18. The maximum absolute atomic E-state index is 12.4. The van der Waals surface area contributed by atoms with Crippen LogP contribution in [0.25, 0.3) is 0 Å². The van der Waals surface area contributed by atoms with Crippen molar-refractivity contribution in [3.05, 3.63) is 28.7 Å². The summed E-state index contributed by atoms with van der Waals surface area (Å²) in [5.41, 5.74) is 8.92. The van der Waals surface area contributed by atoms with Crippen molar-refractivity contribution >= 4 is 17.4 Å². The quantitative estimate of drug-likeness (QED) is 0.877. The Morgan fingerprint density at radius 2 is 2.10 bits per heavy atom. The van der Waals surface area contributed by atoms with Gasteiger partial charge in [0.15, 0.2) is 5.82 Å². The summed E-state index contributed by atoms with van der Waals surface area (Å²) < 4.78 is 1.55. The SMILES string of the molecule is CCc1nnc(C)cc1C(=O)Nc1c(N)c(C)nn1C. The Bertz CT molecular complexity index is 661. The van der Waals surface area contributed by atoms with Crippen LogP contribution in [0, 0.1) is 13.8 Å². The Balaban J connectivity index is 2.35. The van der Waals surface area contributed by atoms with Crippen molar-refractivity contribution in [2.75, 3.05) is 11.1 Å². The molecule has 0 unspecified atom stereocenters. The average Bonchev–Trinajstić information content (AvgIpc) is 2.65. The van der Waals surface area contributed by atoms with Crippen LogP contribution < -0.4 is 11.1 Å². The molecule has 106 valence electrons. The number of carbonyl (C=O) groups excluding carboxylic acids is 1. The number of nitrogens with two attached hydrogens (primary N) is 1. The number of rotatable bonds is 3.